The molecule has 0 spiro atoms. The van der Waals surface area contributed by atoms with Gasteiger partial charge in [-0.1, -0.05) is 11.6 Å². The molecule has 2 fully saturated rings. The van der Waals surface area contributed by atoms with Crippen LogP contribution in [0.3, 0.4) is 0 Å². The van der Waals surface area contributed by atoms with E-state index in [1.54, 1.807) is 24.4 Å². The zero-order valence-electron chi connectivity index (χ0n) is 18.4. The van der Waals surface area contributed by atoms with Gasteiger partial charge in [-0.25, -0.2) is 9.97 Å². The van der Waals surface area contributed by atoms with Crippen LogP contribution in [0.2, 0.25) is 5.02 Å². The molecule has 1 aromatic carbocycles. The zero-order valence-corrected chi connectivity index (χ0v) is 19.2. The quantitative estimate of drug-likeness (QED) is 0.667. The minimum absolute atomic E-state index is 0.0520. The molecule has 1 saturated heterocycles. The van der Waals surface area contributed by atoms with Gasteiger partial charge in [-0.05, 0) is 56.6 Å². The summed E-state index contributed by atoms with van der Waals surface area (Å²) >= 11 is 6.08. The second-order valence-corrected chi connectivity index (χ2v) is 9.10. The van der Waals surface area contributed by atoms with E-state index >= 15 is 0 Å². The molecule has 8 nitrogen and oxygen atoms in total. The maximum Gasteiger partial charge on any atom is 0.271 e. The molecule has 1 aliphatic carbocycles. The van der Waals surface area contributed by atoms with Crippen LogP contribution in [0.15, 0.2) is 30.6 Å². The van der Waals surface area contributed by atoms with Crippen molar-refractivity contribution in [1.82, 2.24) is 15.3 Å². The van der Waals surface area contributed by atoms with Gasteiger partial charge in [0, 0.05) is 31.8 Å². The lowest BCUT2D eigenvalue weighted by Crippen LogP contribution is -2.40. The topological polar surface area (TPSA) is 111 Å². The largest absolute Gasteiger partial charge is 0.490 e. The van der Waals surface area contributed by atoms with Crippen LogP contribution < -0.4 is 15.0 Å². The lowest BCUT2D eigenvalue weighted by Gasteiger charge is -2.31. The number of aliphatic hydroxyl groups excluding tert-OH is 1. The molecule has 4 rings (SSSR count). The van der Waals surface area contributed by atoms with Crippen LogP contribution in [0.1, 0.15) is 54.6 Å². The molecule has 174 valence electrons. The van der Waals surface area contributed by atoms with Crippen molar-refractivity contribution in [2.24, 2.45) is 5.92 Å². The first kappa shape index (κ1) is 23.3. The van der Waals surface area contributed by atoms with Crippen LogP contribution in [0.5, 0.6) is 5.75 Å². The SMILES string of the molecule is N#Cc1ccc(O[C@H]2CC[C@@H](NC(=O)c3cnc(N4CCC(CO)CC4)cn3)CC2)cc1Cl. The van der Waals surface area contributed by atoms with E-state index in [0.29, 0.717) is 27.9 Å². The van der Waals surface area contributed by atoms with Gasteiger partial charge in [0.05, 0.1) is 29.1 Å². The maximum atomic E-state index is 12.6. The fraction of sp³-hybridized carbons (Fsp3) is 0.500. The smallest absolute Gasteiger partial charge is 0.271 e. The molecule has 2 aromatic rings. The second-order valence-electron chi connectivity index (χ2n) is 8.69. The van der Waals surface area contributed by atoms with Gasteiger partial charge in [0.15, 0.2) is 0 Å². The predicted molar refractivity (Wildman–Crippen MR) is 124 cm³/mol. The summed E-state index contributed by atoms with van der Waals surface area (Å²) in [6, 6.07) is 7.20. The Balaban J connectivity index is 1.24. The van der Waals surface area contributed by atoms with Crippen LogP contribution in [0.4, 0.5) is 5.82 Å². The second kappa shape index (κ2) is 10.8. The highest BCUT2D eigenvalue weighted by atomic mass is 35.5. The Morgan fingerprint density at radius 3 is 2.55 bits per heavy atom. The summed E-state index contributed by atoms with van der Waals surface area (Å²) in [6.45, 7) is 1.91. The molecule has 1 amide bonds. The number of halogens is 1. The van der Waals surface area contributed by atoms with Crippen molar-refractivity contribution in [2.75, 3.05) is 24.6 Å². The van der Waals surface area contributed by atoms with Gasteiger partial charge in [-0.3, -0.25) is 4.79 Å². The third-order valence-electron chi connectivity index (χ3n) is 6.44. The third-order valence-corrected chi connectivity index (χ3v) is 6.75. The molecule has 2 N–H and O–H groups in total. The standard InChI is InChI=1S/C24H28ClN5O3/c25-21-11-20(4-1-17(21)12-26)33-19-5-2-18(3-6-19)29-24(32)22-13-28-23(14-27-22)30-9-7-16(15-31)8-10-30/h1,4,11,13-14,16,18-19,31H,2-3,5-10,15H2,(H,29,32)/t18-,19+. The number of benzene rings is 1. The molecule has 1 saturated carbocycles. The number of anilines is 1. The molecule has 9 heteroatoms. The van der Waals surface area contributed by atoms with Gasteiger partial charge < -0.3 is 20.1 Å². The summed E-state index contributed by atoms with van der Waals surface area (Å²) in [6.07, 6.45) is 8.37. The van der Waals surface area contributed by atoms with Gasteiger partial charge in [0.25, 0.3) is 5.91 Å². The number of nitriles is 1. The monoisotopic (exact) mass is 469 g/mol. The number of hydrogen-bond acceptors (Lipinski definition) is 7. The average molecular weight is 470 g/mol. The van der Waals surface area contributed by atoms with Gasteiger partial charge in [0.1, 0.15) is 23.3 Å². The Labute approximate surface area is 198 Å². The summed E-state index contributed by atoms with van der Waals surface area (Å²) in [5, 5.41) is 21.7. The maximum absolute atomic E-state index is 12.6. The van der Waals surface area contributed by atoms with Crippen molar-refractivity contribution in [3.05, 3.63) is 46.9 Å². The predicted octanol–water partition coefficient (Wildman–Crippen LogP) is 3.33. The molecule has 0 bridgehead atoms. The van der Waals surface area contributed by atoms with Crippen LogP contribution in [-0.4, -0.2) is 52.8 Å². The number of nitrogens with one attached hydrogen (secondary N) is 1. The number of piperidine rings is 1. The summed E-state index contributed by atoms with van der Waals surface area (Å²) in [7, 11) is 0. The minimum atomic E-state index is -0.212. The van der Waals surface area contributed by atoms with Crippen molar-refractivity contribution in [3.8, 4) is 11.8 Å². The molecule has 2 aliphatic rings. The molecule has 1 aromatic heterocycles. The van der Waals surface area contributed by atoms with Crippen LogP contribution >= 0.6 is 11.6 Å². The lowest BCUT2D eigenvalue weighted by molar-refractivity contribution is 0.0888. The summed E-state index contributed by atoms with van der Waals surface area (Å²) in [5.74, 6) is 1.57. The number of hydrogen-bond donors (Lipinski definition) is 2. The van der Waals surface area contributed by atoms with Crippen LogP contribution in [0, 0.1) is 17.2 Å². The van der Waals surface area contributed by atoms with E-state index in [4.69, 9.17) is 21.6 Å². The Morgan fingerprint density at radius 1 is 1.18 bits per heavy atom. The first-order chi connectivity index (χ1) is 16.1. The number of aliphatic hydroxyl groups is 1. The van der Waals surface area contributed by atoms with Crippen molar-refractivity contribution in [1.29, 1.82) is 5.26 Å². The van der Waals surface area contributed by atoms with Gasteiger partial charge in [0.2, 0.25) is 0 Å². The number of rotatable bonds is 6. The normalized spacial score (nSPS) is 21.3. The third kappa shape index (κ3) is 5.92. The molecule has 0 atom stereocenters. The Morgan fingerprint density at radius 2 is 1.94 bits per heavy atom. The van der Waals surface area contributed by atoms with Crippen LogP contribution in [-0.2, 0) is 0 Å². The molecule has 0 unspecified atom stereocenters. The molecule has 33 heavy (non-hydrogen) atoms. The lowest BCUT2D eigenvalue weighted by atomic mass is 9.93. The van der Waals surface area contributed by atoms with Crippen molar-refractivity contribution < 1.29 is 14.6 Å². The molecule has 1 aliphatic heterocycles. The number of nitrogens with zero attached hydrogens (tertiary/aromatic N) is 4. The van der Waals surface area contributed by atoms with E-state index in [1.165, 1.54) is 6.20 Å². The van der Waals surface area contributed by atoms with Gasteiger partial charge >= 0.3 is 0 Å². The van der Waals surface area contributed by atoms with Crippen molar-refractivity contribution in [2.45, 2.75) is 50.7 Å². The highest BCUT2D eigenvalue weighted by Gasteiger charge is 2.25. The summed E-state index contributed by atoms with van der Waals surface area (Å²) in [4.78, 5) is 23.5. The van der Waals surface area contributed by atoms with E-state index in [-0.39, 0.29) is 24.7 Å². The van der Waals surface area contributed by atoms with E-state index < -0.39 is 0 Å². The molecular formula is C24H28ClN5O3. The number of carbonyl (C=O) groups is 1. The van der Waals surface area contributed by atoms with E-state index in [2.05, 4.69) is 20.2 Å². The minimum Gasteiger partial charge on any atom is -0.490 e. The fourth-order valence-corrected chi connectivity index (χ4v) is 4.60. The molecule has 0 radical (unpaired) electrons. The summed E-state index contributed by atoms with van der Waals surface area (Å²) in [5.41, 5.74) is 0.743. The first-order valence-electron chi connectivity index (χ1n) is 11.4. The Kier molecular flexibility index (Phi) is 7.63. The van der Waals surface area contributed by atoms with E-state index in [9.17, 15) is 9.90 Å². The van der Waals surface area contributed by atoms with E-state index in [0.717, 1.165) is 57.4 Å². The number of carbonyl (C=O) groups excluding carboxylic acids is 1. The van der Waals surface area contributed by atoms with Crippen molar-refractivity contribution in [3.63, 3.8) is 0 Å². The highest BCUT2D eigenvalue weighted by molar-refractivity contribution is 6.31. The first-order valence-corrected chi connectivity index (χ1v) is 11.8. The van der Waals surface area contributed by atoms with E-state index in [1.807, 2.05) is 6.07 Å². The van der Waals surface area contributed by atoms with Crippen molar-refractivity contribution >= 4 is 23.3 Å². The number of aromatic nitrogens is 2. The molecular weight excluding hydrogens is 442 g/mol. The Hall–Kier alpha value is -2.89. The highest BCUT2D eigenvalue weighted by Crippen LogP contribution is 2.27. The fourth-order valence-electron chi connectivity index (χ4n) is 4.38. The Bertz CT molecular complexity index is 994. The van der Waals surface area contributed by atoms with Gasteiger partial charge in [-0.15, -0.1) is 0 Å². The number of ether oxygens (including phenoxy) is 1. The number of amides is 1. The average Bonchev–Trinajstić information content (AvgIpc) is 2.85. The van der Waals surface area contributed by atoms with Crippen LogP contribution in [0.25, 0.3) is 0 Å². The molecule has 2 heterocycles. The zero-order chi connectivity index (χ0) is 23.2. The van der Waals surface area contributed by atoms with Gasteiger partial charge in [-0.2, -0.15) is 5.26 Å². The summed E-state index contributed by atoms with van der Waals surface area (Å²) < 4.78 is 6.01.